The highest BCUT2D eigenvalue weighted by Crippen LogP contribution is 2.28. The topological polar surface area (TPSA) is 130 Å². The normalized spacial score (nSPS) is 11.8. The average Bonchev–Trinajstić information content (AvgIpc) is 3.03. The predicted molar refractivity (Wildman–Crippen MR) is 168 cm³/mol. The van der Waals surface area contributed by atoms with Gasteiger partial charge in [-0.2, -0.15) is 0 Å². The summed E-state index contributed by atoms with van der Waals surface area (Å²) in [4.78, 5) is 40.1. The molecule has 1 unspecified atom stereocenters. The third kappa shape index (κ3) is 7.87. The molecule has 1 N–H and O–H groups in total. The van der Waals surface area contributed by atoms with E-state index in [-0.39, 0.29) is 35.1 Å². The maximum atomic E-state index is 14.3. The first-order valence-corrected chi connectivity index (χ1v) is 15.5. The van der Waals surface area contributed by atoms with Gasteiger partial charge >= 0.3 is 0 Å². The first kappa shape index (κ1) is 31.9. The monoisotopic (exact) mass is 614 g/mol. The number of rotatable bonds is 13. The molecule has 0 saturated heterocycles. The molecule has 0 heterocycles. The Morgan fingerprint density at radius 1 is 0.864 bits per heavy atom. The summed E-state index contributed by atoms with van der Waals surface area (Å²) < 4.78 is 28.8. The number of benzene rings is 4. The number of nitrogens with zero attached hydrogens (tertiary/aromatic N) is 3. The van der Waals surface area contributed by atoms with Crippen molar-refractivity contribution in [1.29, 1.82) is 0 Å². The third-order valence-electron chi connectivity index (χ3n) is 7.03. The van der Waals surface area contributed by atoms with Crippen LogP contribution in [0.2, 0.25) is 0 Å². The average molecular weight is 615 g/mol. The van der Waals surface area contributed by atoms with Gasteiger partial charge in [0.15, 0.2) is 0 Å². The summed E-state index contributed by atoms with van der Waals surface area (Å²) in [6.07, 6.45) is 0.187. The Balaban J connectivity index is 1.81. The Kier molecular flexibility index (Phi) is 10.5. The second-order valence-electron chi connectivity index (χ2n) is 10.2. The van der Waals surface area contributed by atoms with Gasteiger partial charge in [0.2, 0.25) is 11.8 Å². The Bertz CT molecular complexity index is 1700. The predicted octanol–water partition coefficient (Wildman–Crippen LogP) is 4.87. The molecule has 2 amide bonds. The molecule has 0 spiro atoms. The van der Waals surface area contributed by atoms with E-state index in [1.807, 2.05) is 61.5 Å². The van der Waals surface area contributed by atoms with Gasteiger partial charge in [-0.1, -0.05) is 84.4 Å². The number of anilines is 1. The van der Waals surface area contributed by atoms with Crippen LogP contribution in [-0.4, -0.2) is 49.2 Å². The van der Waals surface area contributed by atoms with Crippen molar-refractivity contribution in [3.63, 3.8) is 0 Å². The zero-order chi connectivity index (χ0) is 31.7. The fourth-order valence-electron chi connectivity index (χ4n) is 4.75. The van der Waals surface area contributed by atoms with Crippen molar-refractivity contribution in [2.75, 3.05) is 17.4 Å². The maximum absolute atomic E-state index is 14.3. The molecule has 1 atom stereocenters. The molecule has 44 heavy (non-hydrogen) atoms. The molecule has 0 fully saturated rings. The van der Waals surface area contributed by atoms with E-state index >= 15 is 0 Å². The van der Waals surface area contributed by atoms with Crippen molar-refractivity contribution in [2.45, 2.75) is 37.8 Å². The lowest BCUT2D eigenvalue weighted by atomic mass is 10.0. The number of hydrogen-bond donors (Lipinski definition) is 1. The van der Waals surface area contributed by atoms with Crippen molar-refractivity contribution in [2.24, 2.45) is 0 Å². The SMILES string of the molecule is CCNC(=O)C(Cc1ccccc1)N(Cc1ccc(C)cc1)C(=O)CN(c1cccc([N+](=O)[O-])c1)S(=O)(=O)c1ccccc1. The van der Waals surface area contributed by atoms with Gasteiger partial charge < -0.3 is 10.2 Å². The third-order valence-corrected chi connectivity index (χ3v) is 8.82. The van der Waals surface area contributed by atoms with Crippen molar-refractivity contribution in [3.8, 4) is 0 Å². The van der Waals surface area contributed by atoms with E-state index in [4.69, 9.17) is 0 Å². The zero-order valence-corrected chi connectivity index (χ0v) is 25.3. The lowest BCUT2D eigenvalue weighted by molar-refractivity contribution is -0.384. The number of nitro benzene ring substituents is 1. The van der Waals surface area contributed by atoms with Gasteiger partial charge in [-0.15, -0.1) is 0 Å². The summed E-state index contributed by atoms with van der Waals surface area (Å²) in [6.45, 7) is 3.38. The summed E-state index contributed by atoms with van der Waals surface area (Å²) >= 11 is 0. The summed E-state index contributed by atoms with van der Waals surface area (Å²) in [6, 6.07) is 28.4. The van der Waals surface area contributed by atoms with Gasteiger partial charge in [-0.05, 0) is 43.2 Å². The van der Waals surface area contributed by atoms with E-state index in [0.29, 0.717) is 6.54 Å². The van der Waals surface area contributed by atoms with Gasteiger partial charge in [-0.25, -0.2) is 8.42 Å². The Labute approximate surface area is 257 Å². The molecule has 0 aliphatic carbocycles. The van der Waals surface area contributed by atoms with Crippen molar-refractivity contribution >= 4 is 33.2 Å². The first-order valence-electron chi connectivity index (χ1n) is 14.1. The van der Waals surface area contributed by atoms with Crippen molar-refractivity contribution in [3.05, 3.63) is 136 Å². The van der Waals surface area contributed by atoms with E-state index in [0.717, 1.165) is 27.1 Å². The van der Waals surface area contributed by atoms with Crippen LogP contribution in [0.25, 0.3) is 0 Å². The Hall–Kier alpha value is -5.03. The molecule has 4 aromatic carbocycles. The number of amides is 2. The van der Waals surface area contributed by atoms with E-state index in [9.17, 15) is 28.1 Å². The molecular formula is C33H34N4O6S. The number of aryl methyl sites for hydroxylation is 1. The lowest BCUT2D eigenvalue weighted by Gasteiger charge is -2.33. The number of hydrogen-bond acceptors (Lipinski definition) is 6. The number of sulfonamides is 1. The standard InChI is InChI=1S/C33H34N4O6S/c1-3-34-33(39)31(21-26-11-6-4-7-12-26)35(23-27-19-17-25(2)18-20-27)32(38)24-36(28-13-10-14-29(22-28)37(40)41)44(42,43)30-15-8-5-9-16-30/h4-20,22,31H,3,21,23-24H2,1-2H3,(H,34,39). The minimum absolute atomic E-state index is 0.0297. The van der Waals surface area contributed by atoms with Crippen LogP contribution in [0.3, 0.4) is 0 Å². The number of nitro groups is 1. The molecule has 10 nitrogen and oxygen atoms in total. The summed E-state index contributed by atoms with van der Waals surface area (Å²) in [5.41, 5.74) is 2.20. The Morgan fingerprint density at radius 3 is 2.11 bits per heavy atom. The molecular weight excluding hydrogens is 580 g/mol. The van der Waals surface area contributed by atoms with Crippen molar-refractivity contribution < 1.29 is 22.9 Å². The summed E-state index contributed by atoms with van der Waals surface area (Å²) in [7, 11) is -4.36. The highest BCUT2D eigenvalue weighted by Gasteiger charge is 2.34. The number of likely N-dealkylation sites (N-methyl/N-ethyl adjacent to an activating group) is 1. The van der Waals surface area contributed by atoms with Crippen LogP contribution in [0, 0.1) is 17.0 Å². The Morgan fingerprint density at radius 2 is 1.50 bits per heavy atom. The molecule has 228 valence electrons. The number of carbonyl (C=O) groups excluding carboxylic acids is 2. The van der Waals surface area contributed by atoms with E-state index in [2.05, 4.69) is 5.32 Å². The first-order chi connectivity index (χ1) is 21.1. The smallest absolute Gasteiger partial charge is 0.271 e. The van der Waals surface area contributed by atoms with Crippen molar-refractivity contribution in [1.82, 2.24) is 10.2 Å². The quantitative estimate of drug-likeness (QED) is 0.169. The van der Waals surface area contributed by atoms with Gasteiger partial charge in [0.05, 0.1) is 15.5 Å². The van der Waals surface area contributed by atoms with Gasteiger partial charge in [0, 0.05) is 31.6 Å². The molecule has 0 bridgehead atoms. The zero-order valence-electron chi connectivity index (χ0n) is 24.5. The number of nitrogens with one attached hydrogen (secondary N) is 1. The second kappa shape index (κ2) is 14.4. The second-order valence-corrected chi connectivity index (χ2v) is 12.1. The molecule has 4 rings (SSSR count). The van der Waals surface area contributed by atoms with Gasteiger partial charge in [0.1, 0.15) is 12.6 Å². The molecule has 0 saturated carbocycles. The molecule has 0 aliphatic rings. The summed E-state index contributed by atoms with van der Waals surface area (Å²) in [5.74, 6) is -1.03. The maximum Gasteiger partial charge on any atom is 0.271 e. The number of carbonyl (C=O) groups is 2. The van der Waals surface area contributed by atoms with Crippen LogP contribution in [0.4, 0.5) is 11.4 Å². The number of non-ortho nitro benzene ring substituents is 1. The van der Waals surface area contributed by atoms with Crippen LogP contribution >= 0.6 is 0 Å². The fraction of sp³-hybridized carbons (Fsp3) is 0.212. The molecule has 11 heteroatoms. The highest BCUT2D eigenvalue weighted by molar-refractivity contribution is 7.92. The van der Waals surface area contributed by atoms with Gasteiger partial charge in [0.25, 0.3) is 15.7 Å². The van der Waals surface area contributed by atoms with Gasteiger partial charge in [-0.3, -0.25) is 24.0 Å². The largest absolute Gasteiger partial charge is 0.355 e. The van der Waals surface area contributed by atoms with E-state index in [1.165, 1.54) is 35.2 Å². The van der Waals surface area contributed by atoms with Crippen LogP contribution in [0.5, 0.6) is 0 Å². The molecule has 0 aliphatic heterocycles. The molecule has 0 aromatic heterocycles. The minimum atomic E-state index is -4.36. The van der Waals surface area contributed by atoms with E-state index in [1.54, 1.807) is 25.1 Å². The van der Waals surface area contributed by atoms with Crippen LogP contribution < -0.4 is 9.62 Å². The summed E-state index contributed by atoms with van der Waals surface area (Å²) in [5, 5.41) is 14.4. The van der Waals surface area contributed by atoms with Crippen LogP contribution in [0.1, 0.15) is 23.6 Å². The van der Waals surface area contributed by atoms with Crippen LogP contribution in [-0.2, 0) is 32.6 Å². The molecule has 0 radical (unpaired) electrons. The van der Waals surface area contributed by atoms with E-state index < -0.39 is 33.4 Å². The fourth-order valence-corrected chi connectivity index (χ4v) is 6.17. The molecule has 4 aromatic rings. The minimum Gasteiger partial charge on any atom is -0.355 e. The lowest BCUT2D eigenvalue weighted by Crippen LogP contribution is -2.53. The highest BCUT2D eigenvalue weighted by atomic mass is 32.2. The van der Waals surface area contributed by atoms with Crippen LogP contribution in [0.15, 0.2) is 114 Å².